The highest BCUT2D eigenvalue weighted by molar-refractivity contribution is 5.95. The molecule has 1 saturated heterocycles. The Morgan fingerprint density at radius 3 is 2.74 bits per heavy atom. The number of halogens is 3. The molecular weight excluding hydrogens is 449 g/mol. The van der Waals surface area contributed by atoms with Gasteiger partial charge in [-0.2, -0.15) is 13.2 Å². The van der Waals surface area contributed by atoms with E-state index >= 15 is 0 Å². The van der Waals surface area contributed by atoms with Gasteiger partial charge in [-0.25, -0.2) is 9.97 Å². The average Bonchev–Trinajstić information content (AvgIpc) is 3.45. The standard InChI is InChI=1S/C24H25F3N4O3/c1-12(14-7-15(24(25,26)27)9-16(28)8-14)29-23-19-10-20(34-17-3-5-32-11-17)22-18(4-6-33-22)21(19)30-13(2)31-23/h7-10,12,17H,3-6,11,28H2,1-2H3,(H,29,30,31)/t12-,17+/m1/s1. The molecule has 7 nitrogen and oxygen atoms in total. The molecule has 0 saturated carbocycles. The van der Waals surface area contributed by atoms with Crippen LogP contribution in [-0.4, -0.2) is 35.9 Å². The van der Waals surface area contributed by atoms with E-state index in [1.165, 1.54) is 6.07 Å². The lowest BCUT2D eigenvalue weighted by Gasteiger charge is -2.20. The quantitative estimate of drug-likeness (QED) is 0.513. The summed E-state index contributed by atoms with van der Waals surface area (Å²) in [6, 6.07) is 4.90. The van der Waals surface area contributed by atoms with Gasteiger partial charge in [0.15, 0.2) is 11.5 Å². The average molecular weight is 474 g/mol. The molecule has 5 rings (SSSR count). The molecule has 0 bridgehead atoms. The lowest BCUT2D eigenvalue weighted by Crippen LogP contribution is -2.16. The number of aromatic nitrogens is 2. The summed E-state index contributed by atoms with van der Waals surface area (Å²) in [4.78, 5) is 9.20. The number of hydrogen-bond acceptors (Lipinski definition) is 7. The summed E-state index contributed by atoms with van der Waals surface area (Å²) in [5, 5.41) is 3.98. The number of rotatable bonds is 5. The molecule has 0 unspecified atom stereocenters. The van der Waals surface area contributed by atoms with Crippen LogP contribution >= 0.6 is 0 Å². The number of aryl methyl sites for hydroxylation is 1. The monoisotopic (exact) mass is 474 g/mol. The van der Waals surface area contributed by atoms with Gasteiger partial charge in [0.1, 0.15) is 17.7 Å². The van der Waals surface area contributed by atoms with Crippen molar-refractivity contribution in [3.8, 4) is 11.5 Å². The van der Waals surface area contributed by atoms with Crippen molar-refractivity contribution in [2.24, 2.45) is 0 Å². The number of anilines is 2. The predicted octanol–water partition coefficient (Wildman–Crippen LogP) is 4.81. The third-order valence-electron chi connectivity index (χ3n) is 6.05. The van der Waals surface area contributed by atoms with E-state index in [0.29, 0.717) is 54.9 Å². The zero-order valence-corrected chi connectivity index (χ0v) is 18.8. The first-order chi connectivity index (χ1) is 16.2. The van der Waals surface area contributed by atoms with Crippen LogP contribution in [0, 0.1) is 6.92 Å². The van der Waals surface area contributed by atoms with Gasteiger partial charge in [0.25, 0.3) is 0 Å². The molecule has 3 heterocycles. The van der Waals surface area contributed by atoms with Gasteiger partial charge in [-0.1, -0.05) is 0 Å². The lowest BCUT2D eigenvalue weighted by molar-refractivity contribution is -0.137. The van der Waals surface area contributed by atoms with Crippen LogP contribution in [0.4, 0.5) is 24.7 Å². The largest absolute Gasteiger partial charge is 0.489 e. The fourth-order valence-corrected chi connectivity index (χ4v) is 4.41. The summed E-state index contributed by atoms with van der Waals surface area (Å²) in [6.45, 7) is 5.23. The molecule has 2 aliphatic rings. The van der Waals surface area contributed by atoms with E-state index in [1.54, 1.807) is 13.8 Å². The van der Waals surface area contributed by atoms with Crippen molar-refractivity contribution >= 4 is 22.4 Å². The molecule has 2 atom stereocenters. The van der Waals surface area contributed by atoms with Crippen molar-refractivity contribution in [3.05, 3.63) is 46.8 Å². The highest BCUT2D eigenvalue weighted by Gasteiger charge is 2.32. The van der Waals surface area contributed by atoms with Crippen LogP contribution in [0.5, 0.6) is 11.5 Å². The van der Waals surface area contributed by atoms with Crippen LogP contribution in [-0.2, 0) is 17.3 Å². The Morgan fingerprint density at radius 1 is 1.18 bits per heavy atom. The Balaban J connectivity index is 1.55. The maximum Gasteiger partial charge on any atom is 0.416 e. The molecular formula is C24H25F3N4O3. The number of fused-ring (bicyclic) bond motifs is 3. The van der Waals surface area contributed by atoms with Crippen LogP contribution < -0.4 is 20.5 Å². The first-order valence-electron chi connectivity index (χ1n) is 11.1. The van der Waals surface area contributed by atoms with Crippen LogP contribution in [0.25, 0.3) is 10.9 Å². The Hall–Kier alpha value is -3.27. The van der Waals surface area contributed by atoms with E-state index in [0.717, 1.165) is 35.0 Å². The predicted molar refractivity (Wildman–Crippen MR) is 121 cm³/mol. The van der Waals surface area contributed by atoms with Crippen molar-refractivity contribution in [3.63, 3.8) is 0 Å². The zero-order valence-electron chi connectivity index (χ0n) is 18.8. The number of benzene rings is 2. The Labute approximate surface area is 194 Å². The first kappa shape index (κ1) is 22.5. The zero-order chi connectivity index (χ0) is 24.0. The van der Waals surface area contributed by atoms with Crippen LogP contribution in [0.2, 0.25) is 0 Å². The second-order valence-electron chi connectivity index (χ2n) is 8.65. The van der Waals surface area contributed by atoms with Gasteiger partial charge in [-0.15, -0.1) is 0 Å². The van der Waals surface area contributed by atoms with Crippen molar-refractivity contribution in [2.75, 3.05) is 30.9 Å². The van der Waals surface area contributed by atoms with E-state index in [9.17, 15) is 13.2 Å². The van der Waals surface area contributed by atoms with Gasteiger partial charge in [0, 0.05) is 29.5 Å². The molecule has 1 fully saturated rings. The molecule has 180 valence electrons. The minimum Gasteiger partial charge on any atom is -0.489 e. The summed E-state index contributed by atoms with van der Waals surface area (Å²) in [7, 11) is 0. The molecule has 0 spiro atoms. The molecule has 3 N–H and O–H groups in total. The second kappa shape index (κ2) is 8.50. The summed E-state index contributed by atoms with van der Waals surface area (Å²) < 4.78 is 57.4. The fraction of sp³-hybridized carbons (Fsp3) is 0.417. The lowest BCUT2D eigenvalue weighted by atomic mass is 10.0. The van der Waals surface area contributed by atoms with Crippen molar-refractivity contribution in [1.82, 2.24) is 9.97 Å². The van der Waals surface area contributed by atoms with E-state index in [1.807, 2.05) is 6.07 Å². The van der Waals surface area contributed by atoms with Gasteiger partial charge in [-0.3, -0.25) is 0 Å². The van der Waals surface area contributed by atoms with Crippen molar-refractivity contribution in [1.29, 1.82) is 0 Å². The number of nitrogen functional groups attached to an aromatic ring is 1. The minimum atomic E-state index is -4.49. The van der Waals surface area contributed by atoms with Crippen LogP contribution in [0.3, 0.4) is 0 Å². The molecule has 2 aliphatic heterocycles. The summed E-state index contributed by atoms with van der Waals surface area (Å²) >= 11 is 0. The summed E-state index contributed by atoms with van der Waals surface area (Å²) in [6.07, 6.45) is -3.09. The molecule has 0 amide bonds. The molecule has 1 aromatic heterocycles. The van der Waals surface area contributed by atoms with Crippen molar-refractivity contribution < 1.29 is 27.4 Å². The van der Waals surface area contributed by atoms with Crippen molar-refractivity contribution in [2.45, 2.75) is 45.0 Å². The first-order valence-corrected chi connectivity index (χ1v) is 11.1. The van der Waals surface area contributed by atoms with E-state index in [-0.39, 0.29) is 11.8 Å². The third kappa shape index (κ3) is 4.29. The number of alkyl halides is 3. The minimum absolute atomic E-state index is 0.0478. The number of ether oxygens (including phenoxy) is 3. The topological polar surface area (TPSA) is 91.5 Å². The Kier molecular flexibility index (Phi) is 5.63. The highest BCUT2D eigenvalue weighted by atomic mass is 19.4. The number of nitrogens with zero attached hydrogens (tertiary/aromatic N) is 2. The molecule has 34 heavy (non-hydrogen) atoms. The van der Waals surface area contributed by atoms with Gasteiger partial charge >= 0.3 is 6.18 Å². The van der Waals surface area contributed by atoms with Crippen LogP contribution in [0.1, 0.15) is 41.9 Å². The molecule has 2 aromatic carbocycles. The number of nitrogens with one attached hydrogen (secondary N) is 1. The normalized spacial score (nSPS) is 18.6. The maximum atomic E-state index is 13.3. The second-order valence-corrected chi connectivity index (χ2v) is 8.65. The van der Waals surface area contributed by atoms with Gasteiger partial charge in [0.2, 0.25) is 0 Å². The van der Waals surface area contributed by atoms with E-state index < -0.39 is 17.8 Å². The summed E-state index contributed by atoms with van der Waals surface area (Å²) in [5.41, 5.74) is 7.12. The third-order valence-corrected chi connectivity index (χ3v) is 6.05. The van der Waals surface area contributed by atoms with Gasteiger partial charge in [0.05, 0.1) is 36.9 Å². The number of nitrogens with two attached hydrogens (primary N) is 1. The molecule has 0 radical (unpaired) electrons. The molecule has 10 heteroatoms. The maximum absolute atomic E-state index is 13.3. The van der Waals surface area contributed by atoms with E-state index in [4.69, 9.17) is 19.9 Å². The van der Waals surface area contributed by atoms with Crippen LogP contribution in [0.15, 0.2) is 24.3 Å². The molecule has 0 aliphatic carbocycles. The Morgan fingerprint density at radius 2 is 2.00 bits per heavy atom. The van der Waals surface area contributed by atoms with Gasteiger partial charge < -0.3 is 25.3 Å². The molecule has 3 aromatic rings. The summed E-state index contributed by atoms with van der Waals surface area (Å²) in [5.74, 6) is 2.33. The van der Waals surface area contributed by atoms with E-state index in [2.05, 4.69) is 15.3 Å². The van der Waals surface area contributed by atoms with Gasteiger partial charge in [-0.05, 0) is 43.7 Å². The highest BCUT2D eigenvalue weighted by Crippen LogP contribution is 2.43. The SMILES string of the molecule is Cc1nc(N[C@H](C)c2cc(N)cc(C(F)(F)F)c2)c2cc(O[C@H]3CCOC3)c3c(c2n1)CCO3. The number of hydrogen-bond donors (Lipinski definition) is 2. The smallest absolute Gasteiger partial charge is 0.416 e. The Bertz CT molecular complexity index is 1240. The fourth-order valence-electron chi connectivity index (χ4n) is 4.41.